The van der Waals surface area contributed by atoms with Crippen LogP contribution < -0.4 is 0 Å². The van der Waals surface area contributed by atoms with Crippen molar-refractivity contribution in [1.29, 1.82) is 0 Å². The Balaban J connectivity index is 2.00. The Morgan fingerprint density at radius 2 is 1.70 bits per heavy atom. The quantitative estimate of drug-likeness (QED) is 0.778. The average Bonchev–Trinajstić information content (AvgIpc) is 2.46. The van der Waals surface area contributed by atoms with Crippen molar-refractivity contribution in [1.82, 2.24) is 5.06 Å². The van der Waals surface area contributed by atoms with E-state index >= 15 is 0 Å². The Labute approximate surface area is 119 Å². The molecule has 0 heterocycles. The van der Waals surface area contributed by atoms with Gasteiger partial charge in [0.1, 0.15) is 6.61 Å². The number of hydrogen-bond donors (Lipinski definition) is 0. The van der Waals surface area contributed by atoms with E-state index in [4.69, 9.17) is 4.84 Å². The number of nitrogens with zero attached hydrogens (tertiary/aromatic N) is 1. The number of carbonyl (C=O) groups is 1. The van der Waals surface area contributed by atoms with E-state index in [-0.39, 0.29) is 5.91 Å². The van der Waals surface area contributed by atoms with Gasteiger partial charge in [0.15, 0.2) is 0 Å². The van der Waals surface area contributed by atoms with Gasteiger partial charge in [-0.05, 0) is 23.6 Å². The van der Waals surface area contributed by atoms with Crippen molar-refractivity contribution < 1.29 is 9.63 Å². The highest BCUT2D eigenvalue weighted by atomic mass is 16.7. The van der Waals surface area contributed by atoms with Gasteiger partial charge in [-0.1, -0.05) is 54.6 Å². The lowest BCUT2D eigenvalue weighted by molar-refractivity contribution is -0.193. The van der Waals surface area contributed by atoms with Gasteiger partial charge in [0, 0.05) is 6.92 Å². The summed E-state index contributed by atoms with van der Waals surface area (Å²) < 4.78 is 0. The van der Waals surface area contributed by atoms with Crippen molar-refractivity contribution >= 4 is 5.91 Å². The number of carbonyl (C=O) groups excluding carboxylic acids is 1. The van der Waals surface area contributed by atoms with Crippen LogP contribution >= 0.6 is 0 Å². The van der Waals surface area contributed by atoms with E-state index < -0.39 is 0 Å². The van der Waals surface area contributed by atoms with Gasteiger partial charge in [-0.3, -0.25) is 9.63 Å². The lowest BCUT2D eigenvalue weighted by Crippen LogP contribution is -2.28. The number of hydrogen-bond acceptors (Lipinski definition) is 2. The summed E-state index contributed by atoms with van der Waals surface area (Å²) in [5.41, 5.74) is 3.30. The molecule has 0 aliphatic rings. The maximum atomic E-state index is 11.7. The van der Waals surface area contributed by atoms with Crippen LogP contribution in [0, 0.1) is 6.92 Å². The molecule has 0 aliphatic carbocycles. The van der Waals surface area contributed by atoms with E-state index in [0.29, 0.717) is 13.2 Å². The summed E-state index contributed by atoms with van der Waals surface area (Å²) in [6, 6.07) is 17.8. The average molecular weight is 269 g/mol. The summed E-state index contributed by atoms with van der Waals surface area (Å²) in [5.74, 6) is -0.0950. The molecule has 0 bridgehead atoms. The topological polar surface area (TPSA) is 29.5 Å². The summed E-state index contributed by atoms with van der Waals surface area (Å²) in [4.78, 5) is 17.3. The molecule has 0 saturated carbocycles. The van der Waals surface area contributed by atoms with Crippen molar-refractivity contribution in [2.45, 2.75) is 27.0 Å². The van der Waals surface area contributed by atoms with E-state index in [2.05, 4.69) is 0 Å². The Kier molecular flexibility index (Phi) is 4.91. The molecule has 3 nitrogen and oxygen atoms in total. The second-order valence-electron chi connectivity index (χ2n) is 4.74. The summed E-state index contributed by atoms with van der Waals surface area (Å²) in [7, 11) is 0. The van der Waals surface area contributed by atoms with Gasteiger partial charge in [0.25, 0.3) is 0 Å². The van der Waals surface area contributed by atoms with Crippen molar-refractivity contribution in [3.63, 3.8) is 0 Å². The SMILES string of the molecule is CC(=O)N(Cc1ccccc1)OCc1ccccc1C. The molecule has 0 aromatic heterocycles. The zero-order valence-electron chi connectivity index (χ0n) is 11.9. The van der Waals surface area contributed by atoms with Gasteiger partial charge in [-0.25, -0.2) is 5.06 Å². The second-order valence-corrected chi connectivity index (χ2v) is 4.74. The lowest BCUT2D eigenvalue weighted by Gasteiger charge is -2.21. The summed E-state index contributed by atoms with van der Waals surface area (Å²) in [6.45, 7) is 4.41. The lowest BCUT2D eigenvalue weighted by atomic mass is 10.1. The van der Waals surface area contributed by atoms with Gasteiger partial charge < -0.3 is 0 Å². The highest BCUT2D eigenvalue weighted by Gasteiger charge is 2.11. The number of hydroxylamine groups is 2. The largest absolute Gasteiger partial charge is 0.273 e. The monoisotopic (exact) mass is 269 g/mol. The number of benzene rings is 2. The van der Waals surface area contributed by atoms with Crippen molar-refractivity contribution in [3.8, 4) is 0 Å². The third-order valence-electron chi connectivity index (χ3n) is 3.16. The zero-order valence-corrected chi connectivity index (χ0v) is 11.9. The standard InChI is InChI=1S/C17H19NO2/c1-14-8-6-7-11-17(14)13-20-18(15(2)19)12-16-9-4-3-5-10-16/h3-11H,12-13H2,1-2H3. The number of rotatable bonds is 5. The van der Waals surface area contributed by atoms with E-state index in [1.807, 2.05) is 61.5 Å². The second kappa shape index (κ2) is 6.87. The van der Waals surface area contributed by atoms with Crippen molar-refractivity contribution in [2.24, 2.45) is 0 Å². The molecule has 104 valence electrons. The minimum atomic E-state index is -0.0950. The normalized spacial score (nSPS) is 10.3. The predicted octanol–water partition coefficient (Wildman–Crippen LogP) is 3.48. The van der Waals surface area contributed by atoms with Gasteiger partial charge in [0.05, 0.1) is 6.54 Å². The van der Waals surface area contributed by atoms with Crippen LogP contribution in [0.25, 0.3) is 0 Å². The van der Waals surface area contributed by atoms with Gasteiger partial charge in [-0.15, -0.1) is 0 Å². The molecule has 0 radical (unpaired) electrons. The summed E-state index contributed by atoms with van der Waals surface area (Å²) >= 11 is 0. The van der Waals surface area contributed by atoms with Crippen LogP contribution in [0.3, 0.4) is 0 Å². The predicted molar refractivity (Wildman–Crippen MR) is 78.6 cm³/mol. The first-order chi connectivity index (χ1) is 9.66. The Bertz CT molecular complexity index is 566. The summed E-state index contributed by atoms with van der Waals surface area (Å²) in [6.07, 6.45) is 0. The molecule has 20 heavy (non-hydrogen) atoms. The van der Waals surface area contributed by atoms with Crippen LogP contribution in [-0.4, -0.2) is 11.0 Å². The first kappa shape index (κ1) is 14.3. The minimum Gasteiger partial charge on any atom is -0.273 e. The van der Waals surface area contributed by atoms with Crippen LogP contribution in [0.4, 0.5) is 0 Å². The van der Waals surface area contributed by atoms with Crippen LogP contribution in [0.15, 0.2) is 54.6 Å². The first-order valence-electron chi connectivity index (χ1n) is 6.66. The van der Waals surface area contributed by atoms with Gasteiger partial charge in [0.2, 0.25) is 5.91 Å². The third kappa shape index (κ3) is 3.93. The molecule has 0 spiro atoms. The fourth-order valence-electron chi connectivity index (χ4n) is 1.92. The molecule has 0 atom stereocenters. The molecule has 2 aromatic carbocycles. The first-order valence-corrected chi connectivity index (χ1v) is 6.66. The summed E-state index contributed by atoms with van der Waals surface area (Å²) in [5, 5.41) is 1.40. The zero-order chi connectivity index (χ0) is 14.4. The van der Waals surface area contributed by atoms with E-state index in [0.717, 1.165) is 16.7 Å². The minimum absolute atomic E-state index is 0.0950. The van der Waals surface area contributed by atoms with E-state index in [9.17, 15) is 4.79 Å². The Morgan fingerprint density at radius 1 is 1.05 bits per heavy atom. The molecule has 0 saturated heterocycles. The fraction of sp³-hybridized carbons (Fsp3) is 0.235. The molecule has 0 fully saturated rings. The molecule has 2 aromatic rings. The van der Waals surface area contributed by atoms with E-state index in [1.165, 1.54) is 12.0 Å². The Morgan fingerprint density at radius 3 is 2.35 bits per heavy atom. The van der Waals surface area contributed by atoms with Crippen molar-refractivity contribution in [2.75, 3.05) is 0 Å². The maximum Gasteiger partial charge on any atom is 0.243 e. The molecule has 0 N–H and O–H groups in total. The van der Waals surface area contributed by atoms with Gasteiger partial charge >= 0.3 is 0 Å². The molecule has 3 heteroatoms. The van der Waals surface area contributed by atoms with Crippen LogP contribution in [0.1, 0.15) is 23.6 Å². The molecule has 0 unspecified atom stereocenters. The van der Waals surface area contributed by atoms with Crippen molar-refractivity contribution in [3.05, 3.63) is 71.3 Å². The van der Waals surface area contributed by atoms with Crippen LogP contribution in [0.5, 0.6) is 0 Å². The smallest absolute Gasteiger partial charge is 0.243 e. The van der Waals surface area contributed by atoms with Crippen LogP contribution in [0.2, 0.25) is 0 Å². The van der Waals surface area contributed by atoms with Crippen LogP contribution in [-0.2, 0) is 22.8 Å². The van der Waals surface area contributed by atoms with E-state index in [1.54, 1.807) is 0 Å². The molecule has 0 aliphatic heterocycles. The fourth-order valence-corrected chi connectivity index (χ4v) is 1.92. The highest BCUT2D eigenvalue weighted by Crippen LogP contribution is 2.11. The molecule has 1 amide bonds. The maximum absolute atomic E-state index is 11.7. The number of amides is 1. The van der Waals surface area contributed by atoms with Gasteiger partial charge in [-0.2, -0.15) is 0 Å². The molecular formula is C17H19NO2. The third-order valence-corrected chi connectivity index (χ3v) is 3.16. The molecular weight excluding hydrogens is 250 g/mol. The number of aryl methyl sites for hydroxylation is 1. The molecule has 2 rings (SSSR count). The highest BCUT2D eigenvalue weighted by molar-refractivity contribution is 5.72. The Hall–Kier alpha value is -2.13.